The Balaban J connectivity index is 1.50. The second kappa shape index (κ2) is 22.6. The highest BCUT2D eigenvalue weighted by Crippen LogP contribution is 2.65. The second-order valence-corrected chi connectivity index (χ2v) is 22.6. The van der Waals surface area contributed by atoms with Crippen molar-refractivity contribution in [1.82, 2.24) is 10.6 Å². The summed E-state index contributed by atoms with van der Waals surface area (Å²) in [6.07, 6.45) is -10.9. The van der Waals surface area contributed by atoms with Crippen molar-refractivity contribution in [3.8, 4) is 0 Å². The Morgan fingerprint density at radius 1 is 0.930 bits per heavy atom. The molecular weight excluding hydrogens is 961 g/mol. The van der Waals surface area contributed by atoms with E-state index in [-0.39, 0.29) is 30.8 Å². The van der Waals surface area contributed by atoms with Crippen LogP contribution >= 0.6 is 21.6 Å². The summed E-state index contributed by atoms with van der Waals surface area (Å²) in [7, 11) is 7.67. The van der Waals surface area contributed by atoms with Crippen molar-refractivity contribution in [2.45, 2.75) is 128 Å². The molecule has 18 nitrogen and oxygen atoms in total. The third kappa shape index (κ3) is 11.3. The maximum Gasteiger partial charge on any atom is 0.509 e. The molecule has 1 amide bonds. The molecule has 0 unspecified atom stereocenters. The van der Waals surface area contributed by atoms with E-state index in [1.807, 2.05) is 7.05 Å². The average molecular weight is 1030 g/mol. The fraction of sp³-hybridized carbons (Fsp3) is 0.608. The molecule has 2 bridgehead atoms. The maximum atomic E-state index is 15.8. The lowest BCUT2D eigenvalue weighted by Crippen LogP contribution is -2.82. The van der Waals surface area contributed by atoms with Gasteiger partial charge in [0.1, 0.15) is 48.3 Å². The molecule has 0 spiro atoms. The van der Waals surface area contributed by atoms with E-state index in [2.05, 4.69) is 10.6 Å². The Hall–Kier alpha value is -4.70. The predicted octanol–water partition coefficient (Wildman–Crippen LogP) is 6.33. The molecule has 20 heteroatoms. The molecule has 1 heterocycles. The quantitative estimate of drug-likeness (QED) is 0.0487. The van der Waals surface area contributed by atoms with Crippen molar-refractivity contribution in [2.75, 3.05) is 52.5 Å². The Labute approximate surface area is 423 Å². The van der Waals surface area contributed by atoms with E-state index in [1.165, 1.54) is 44.1 Å². The third-order valence-corrected chi connectivity index (χ3v) is 16.5. The topological polar surface area (TPSA) is 230 Å². The molecule has 1 aliphatic heterocycles. The first-order valence-corrected chi connectivity index (χ1v) is 26.1. The third-order valence-electron chi connectivity index (χ3n) is 14.1. The van der Waals surface area contributed by atoms with Gasteiger partial charge in [-0.15, -0.1) is 0 Å². The van der Waals surface area contributed by atoms with E-state index in [0.717, 1.165) is 12.3 Å². The van der Waals surface area contributed by atoms with Gasteiger partial charge in [0.2, 0.25) is 6.10 Å². The molecule has 11 atom stereocenters. The number of ketones is 1. The molecule has 3 fully saturated rings. The van der Waals surface area contributed by atoms with Gasteiger partial charge in [-0.25, -0.2) is 19.2 Å². The summed E-state index contributed by atoms with van der Waals surface area (Å²) in [5.41, 5.74) is -7.19. The van der Waals surface area contributed by atoms with E-state index in [4.69, 9.17) is 42.6 Å². The number of fused-ring (bicyclic) bond motifs is 5. The van der Waals surface area contributed by atoms with Gasteiger partial charge >= 0.3 is 30.2 Å². The zero-order valence-electron chi connectivity index (χ0n) is 42.2. The summed E-state index contributed by atoms with van der Waals surface area (Å²) >= 11 is 0. The van der Waals surface area contributed by atoms with Crippen molar-refractivity contribution in [1.29, 1.82) is 0 Å². The summed E-state index contributed by atoms with van der Waals surface area (Å²) in [6.45, 7) is 13.3. The van der Waals surface area contributed by atoms with Gasteiger partial charge in [-0.2, -0.15) is 0 Å². The number of esters is 3. The van der Waals surface area contributed by atoms with Crippen LogP contribution in [0.1, 0.15) is 90.2 Å². The lowest BCUT2D eigenvalue weighted by molar-refractivity contribution is -0.347. The number of nitrogens with one attached hydrogen (secondary N) is 2. The number of carbonyl (C=O) groups is 6. The highest BCUT2D eigenvalue weighted by molar-refractivity contribution is 8.76. The van der Waals surface area contributed by atoms with E-state index in [1.54, 1.807) is 108 Å². The number of rotatable bonds is 18. The number of ether oxygens (including phenoxy) is 9. The average Bonchev–Trinajstić information content (AvgIpc) is 3.31. The molecular formula is C51H68N2O16S2. The SMILES string of the molecule is CNCCSSCCOC(=O)O[C@@H](C(=O)O[C@H]1C[C@@]2(O)[C@@H](OC(=O)c3ccccc3)[C@@H]3[C@]4(OC(C)=O)CO[C@@H]4C[C@H](OC)[C@@]3(C)C(=O)[C@H](OC)C(=C1C)C2(C)C)[C@@H](NC(=O)OC(C)(C)C)c1ccccc1. The normalized spacial score (nSPS) is 29.5. The molecule has 0 aromatic heterocycles. The van der Waals surface area contributed by atoms with Crippen molar-refractivity contribution in [3.05, 3.63) is 82.9 Å². The zero-order valence-corrected chi connectivity index (χ0v) is 43.9. The summed E-state index contributed by atoms with van der Waals surface area (Å²) in [4.78, 5) is 85.8. The van der Waals surface area contributed by atoms with Crippen molar-refractivity contribution < 1.29 is 76.5 Å². The smallest absolute Gasteiger partial charge is 0.455 e. The van der Waals surface area contributed by atoms with Gasteiger partial charge in [-0.1, -0.05) is 84.0 Å². The van der Waals surface area contributed by atoms with Crippen LogP contribution in [-0.4, -0.2) is 147 Å². The maximum absolute atomic E-state index is 15.8. The van der Waals surface area contributed by atoms with Crippen LogP contribution < -0.4 is 10.6 Å². The van der Waals surface area contributed by atoms with Crippen molar-refractivity contribution in [3.63, 3.8) is 0 Å². The summed E-state index contributed by atoms with van der Waals surface area (Å²) < 4.78 is 54.4. The molecule has 2 aromatic rings. The van der Waals surface area contributed by atoms with E-state index >= 15 is 9.59 Å². The predicted molar refractivity (Wildman–Crippen MR) is 262 cm³/mol. The van der Waals surface area contributed by atoms with Crippen LogP contribution in [0.3, 0.4) is 0 Å². The van der Waals surface area contributed by atoms with Crippen LogP contribution in [0.2, 0.25) is 0 Å². The van der Waals surface area contributed by atoms with Gasteiger partial charge in [0.25, 0.3) is 0 Å². The molecule has 3 N–H and O–H groups in total. The Bertz CT molecular complexity index is 2290. The first-order chi connectivity index (χ1) is 33.5. The Morgan fingerprint density at radius 2 is 1.58 bits per heavy atom. The molecule has 1 saturated heterocycles. The molecule has 390 valence electrons. The molecule has 4 aliphatic rings. The van der Waals surface area contributed by atoms with Gasteiger partial charge in [-0.3, -0.25) is 9.59 Å². The first kappa shape index (κ1) is 55.6. The Morgan fingerprint density at radius 3 is 2.15 bits per heavy atom. The molecule has 0 radical (unpaired) electrons. The molecule has 71 heavy (non-hydrogen) atoms. The fourth-order valence-corrected chi connectivity index (χ4v) is 12.6. The van der Waals surface area contributed by atoms with Gasteiger partial charge < -0.3 is 58.4 Å². The number of hydrogen-bond acceptors (Lipinski definition) is 19. The second-order valence-electron chi connectivity index (χ2n) is 19.9. The lowest BCUT2D eigenvalue weighted by Gasteiger charge is -2.67. The number of alkyl carbamates (subject to hydrolysis) is 1. The minimum Gasteiger partial charge on any atom is -0.455 e. The molecule has 3 aliphatic carbocycles. The highest BCUT2D eigenvalue weighted by atomic mass is 33.1. The lowest BCUT2D eigenvalue weighted by atomic mass is 9.44. The highest BCUT2D eigenvalue weighted by Gasteiger charge is 2.78. The standard InChI is InChI=1S/C51H68N2O16S2/c1-29-33(65-44(57)39(66-46(59)63-23-25-71-70-24-22-52-9)37(31-18-14-12-15-19-31)53-45(58)69-47(3,4)5)27-51(60)42(67-43(56)32-20-16-13-17-21-32)40-49(8,41(55)38(62-11)36(29)48(51,6)7)34(61-10)26-35-50(40,28-64-35)68-30(2)54/h12-21,33-35,37-40,42,52,60H,22-28H2,1-11H3,(H,53,58)/t33-,34-,35+,37-,38+,39+,40-,42-,49+,50-,51+/m0/s1. The van der Waals surface area contributed by atoms with E-state index in [0.29, 0.717) is 16.9 Å². The summed E-state index contributed by atoms with van der Waals surface area (Å²) in [5.74, 6) is -3.46. The number of aliphatic hydroxyl groups is 1. The van der Waals surface area contributed by atoms with Crippen LogP contribution in [0, 0.1) is 16.7 Å². The summed E-state index contributed by atoms with van der Waals surface area (Å²) in [5, 5.41) is 19.7. The molecule has 2 saturated carbocycles. The zero-order chi connectivity index (χ0) is 52.1. The minimum absolute atomic E-state index is 0.0798. The van der Waals surface area contributed by atoms with E-state index in [9.17, 15) is 24.3 Å². The van der Waals surface area contributed by atoms with Gasteiger partial charge in [0, 0.05) is 57.5 Å². The molecule has 6 rings (SSSR count). The number of carbonyl (C=O) groups excluding carboxylic acids is 6. The number of hydrogen-bond donors (Lipinski definition) is 3. The fourth-order valence-electron chi connectivity index (χ4n) is 10.7. The number of Topliss-reactive ketones (excluding diaryl/α,β-unsaturated/α-hetero) is 1. The largest absolute Gasteiger partial charge is 0.509 e. The van der Waals surface area contributed by atoms with Gasteiger partial charge in [0.15, 0.2) is 11.4 Å². The number of methoxy groups -OCH3 is 2. The molecule has 2 aromatic carbocycles. The Kier molecular flexibility index (Phi) is 17.7. The monoisotopic (exact) mass is 1030 g/mol. The number of benzene rings is 2. The van der Waals surface area contributed by atoms with Crippen molar-refractivity contribution >= 4 is 57.5 Å². The van der Waals surface area contributed by atoms with Crippen LogP contribution in [0.15, 0.2) is 71.8 Å². The van der Waals surface area contributed by atoms with Crippen LogP contribution in [-0.2, 0) is 57.0 Å². The van der Waals surface area contributed by atoms with Crippen LogP contribution in [0.4, 0.5) is 9.59 Å². The van der Waals surface area contributed by atoms with Crippen LogP contribution in [0.5, 0.6) is 0 Å². The van der Waals surface area contributed by atoms with Gasteiger partial charge in [0.05, 0.1) is 29.6 Å². The first-order valence-electron chi connectivity index (χ1n) is 23.6. The van der Waals surface area contributed by atoms with Crippen LogP contribution in [0.25, 0.3) is 0 Å². The van der Waals surface area contributed by atoms with Crippen molar-refractivity contribution in [2.24, 2.45) is 16.7 Å². The summed E-state index contributed by atoms with van der Waals surface area (Å²) in [6, 6.07) is 14.9. The minimum atomic E-state index is -2.30. The van der Waals surface area contributed by atoms with E-state index < -0.39 is 119 Å². The van der Waals surface area contributed by atoms with Gasteiger partial charge in [-0.05, 0) is 70.5 Å². The number of amides is 1.